The molecule has 1 aliphatic rings. The molecule has 0 radical (unpaired) electrons. The normalized spacial score (nSPS) is 13.8. The summed E-state index contributed by atoms with van der Waals surface area (Å²) < 4.78 is 15.6. The summed E-state index contributed by atoms with van der Waals surface area (Å²) in [6.45, 7) is 0.690. The second-order valence-corrected chi connectivity index (χ2v) is 6.35. The molecule has 0 bridgehead atoms. The minimum atomic E-state index is -0.217. The Morgan fingerprint density at radius 2 is 2.08 bits per heavy atom. The molecule has 2 heterocycles. The number of hydrogen-bond acceptors (Lipinski definition) is 4. The van der Waals surface area contributed by atoms with Crippen LogP contribution in [0.25, 0.3) is 10.9 Å². The minimum Gasteiger partial charge on any atom is -0.325 e. The first-order valence-electron chi connectivity index (χ1n) is 7.92. The van der Waals surface area contributed by atoms with Gasteiger partial charge in [-0.05, 0) is 43.2 Å². The van der Waals surface area contributed by atoms with Gasteiger partial charge < -0.3 is 4.90 Å². The molecule has 4 rings (SSSR count). The van der Waals surface area contributed by atoms with Crippen LogP contribution >= 0.6 is 11.6 Å². The van der Waals surface area contributed by atoms with E-state index in [-0.39, 0.29) is 11.4 Å². The molecule has 1 aromatic heterocycles. The minimum absolute atomic E-state index is 0.0664. The van der Waals surface area contributed by atoms with Crippen LogP contribution in [-0.4, -0.2) is 22.4 Å². The summed E-state index contributed by atoms with van der Waals surface area (Å²) in [7, 11) is 0. The summed E-state index contributed by atoms with van der Waals surface area (Å²) in [5.74, 6) is 0.368. The van der Waals surface area contributed by atoms with Crippen LogP contribution in [0.5, 0.6) is 0 Å². The van der Waals surface area contributed by atoms with E-state index in [9.17, 15) is 4.39 Å². The topological polar surface area (TPSA) is 68.8 Å². The standard InChI is InChI=1S/C18H15ClFN5/c19-11-6-7-13-16(9-11)25(10-21)18(22)23-17(13)24-8-2-3-12-14(20)4-1-5-15(12)24/h1,4-7,9-10,21-22H,2-3,8H2. The van der Waals surface area contributed by atoms with E-state index in [0.29, 0.717) is 34.9 Å². The fourth-order valence-corrected chi connectivity index (χ4v) is 3.53. The Labute approximate surface area is 148 Å². The van der Waals surface area contributed by atoms with Gasteiger partial charge in [-0.15, -0.1) is 0 Å². The van der Waals surface area contributed by atoms with Crippen molar-refractivity contribution in [1.29, 1.82) is 10.8 Å². The van der Waals surface area contributed by atoms with Crippen LogP contribution in [0.1, 0.15) is 12.0 Å². The number of hydrogen-bond donors (Lipinski definition) is 2. The molecule has 126 valence electrons. The van der Waals surface area contributed by atoms with Crippen LogP contribution in [0.4, 0.5) is 15.9 Å². The van der Waals surface area contributed by atoms with Crippen molar-refractivity contribution < 1.29 is 4.39 Å². The molecule has 5 nitrogen and oxygen atoms in total. The van der Waals surface area contributed by atoms with Crippen molar-refractivity contribution in [1.82, 2.24) is 9.55 Å². The van der Waals surface area contributed by atoms with Gasteiger partial charge >= 0.3 is 0 Å². The highest BCUT2D eigenvalue weighted by Crippen LogP contribution is 2.36. The van der Waals surface area contributed by atoms with E-state index in [4.69, 9.17) is 22.4 Å². The van der Waals surface area contributed by atoms with Gasteiger partial charge in [-0.2, -0.15) is 4.98 Å². The van der Waals surface area contributed by atoms with Gasteiger partial charge in [0.05, 0.1) is 11.9 Å². The van der Waals surface area contributed by atoms with Crippen molar-refractivity contribution in [2.24, 2.45) is 0 Å². The van der Waals surface area contributed by atoms with Gasteiger partial charge in [0.1, 0.15) is 11.6 Å². The molecule has 0 unspecified atom stereocenters. The van der Waals surface area contributed by atoms with Gasteiger partial charge in [-0.1, -0.05) is 17.7 Å². The number of rotatable bonds is 2. The molecule has 0 aliphatic carbocycles. The third-order valence-electron chi connectivity index (χ3n) is 4.48. The summed E-state index contributed by atoms with van der Waals surface area (Å²) in [5.41, 5.74) is 2.01. The Kier molecular flexibility index (Phi) is 3.77. The van der Waals surface area contributed by atoms with Gasteiger partial charge in [0.2, 0.25) is 5.62 Å². The largest absolute Gasteiger partial charge is 0.325 e. The Hall–Kier alpha value is -2.73. The molecule has 0 amide bonds. The third kappa shape index (κ3) is 2.49. The van der Waals surface area contributed by atoms with Crippen LogP contribution in [0.15, 0.2) is 36.4 Å². The fraction of sp³-hybridized carbons (Fsp3) is 0.167. The fourth-order valence-electron chi connectivity index (χ4n) is 3.36. The Morgan fingerprint density at radius 3 is 2.88 bits per heavy atom. The van der Waals surface area contributed by atoms with E-state index in [1.165, 1.54) is 10.6 Å². The van der Waals surface area contributed by atoms with Crippen molar-refractivity contribution >= 4 is 40.3 Å². The van der Waals surface area contributed by atoms with Crippen molar-refractivity contribution in [2.75, 3.05) is 11.4 Å². The summed E-state index contributed by atoms with van der Waals surface area (Å²) in [5, 5.41) is 17.0. The van der Waals surface area contributed by atoms with E-state index < -0.39 is 0 Å². The van der Waals surface area contributed by atoms with E-state index in [1.54, 1.807) is 18.2 Å². The monoisotopic (exact) mass is 355 g/mol. The average Bonchev–Trinajstić information content (AvgIpc) is 2.61. The molecule has 2 aromatic carbocycles. The lowest BCUT2D eigenvalue weighted by Gasteiger charge is -2.31. The second-order valence-electron chi connectivity index (χ2n) is 5.91. The van der Waals surface area contributed by atoms with Crippen LogP contribution in [-0.2, 0) is 6.42 Å². The number of halogens is 2. The average molecular weight is 356 g/mol. The number of nitrogens with zero attached hydrogens (tertiary/aromatic N) is 3. The first-order chi connectivity index (χ1) is 12.1. The third-order valence-corrected chi connectivity index (χ3v) is 4.71. The number of aromatic nitrogens is 2. The Balaban J connectivity index is 2.03. The zero-order valence-electron chi connectivity index (χ0n) is 13.3. The molecule has 7 heteroatoms. The highest BCUT2D eigenvalue weighted by atomic mass is 35.5. The van der Waals surface area contributed by atoms with Gasteiger partial charge in [0.25, 0.3) is 0 Å². The Morgan fingerprint density at radius 1 is 1.24 bits per heavy atom. The zero-order chi connectivity index (χ0) is 17.6. The summed E-state index contributed by atoms with van der Waals surface area (Å²) in [6.07, 6.45) is 2.53. The Bertz CT molecular complexity index is 1060. The molecular formula is C18H15ClFN5. The molecule has 0 fully saturated rings. The highest BCUT2D eigenvalue weighted by Gasteiger charge is 2.24. The van der Waals surface area contributed by atoms with Crippen molar-refractivity contribution in [3.8, 4) is 0 Å². The maximum absolute atomic E-state index is 14.2. The van der Waals surface area contributed by atoms with Crippen LogP contribution in [0, 0.1) is 16.6 Å². The highest BCUT2D eigenvalue weighted by molar-refractivity contribution is 6.31. The molecular weight excluding hydrogens is 341 g/mol. The van der Waals surface area contributed by atoms with Crippen molar-refractivity contribution in [3.05, 3.63) is 58.4 Å². The first-order valence-corrected chi connectivity index (χ1v) is 8.30. The lowest BCUT2D eigenvalue weighted by molar-refractivity contribution is 0.596. The molecule has 0 saturated heterocycles. The number of benzene rings is 2. The van der Waals surface area contributed by atoms with Gasteiger partial charge in [-0.25, -0.2) is 4.39 Å². The molecule has 2 N–H and O–H groups in total. The van der Waals surface area contributed by atoms with E-state index in [0.717, 1.165) is 23.8 Å². The summed E-state index contributed by atoms with van der Waals surface area (Å²) in [6, 6.07) is 10.3. The zero-order valence-corrected chi connectivity index (χ0v) is 14.0. The maximum Gasteiger partial charge on any atom is 0.229 e. The van der Waals surface area contributed by atoms with E-state index in [2.05, 4.69) is 4.98 Å². The molecule has 3 aromatic rings. The quantitative estimate of drug-likeness (QED) is 0.541. The number of anilines is 2. The molecule has 0 spiro atoms. The smallest absolute Gasteiger partial charge is 0.229 e. The second kappa shape index (κ2) is 5.97. The molecule has 25 heavy (non-hydrogen) atoms. The molecule has 1 aliphatic heterocycles. The maximum atomic E-state index is 14.2. The SMILES string of the molecule is N=Cn1c(=N)nc(N2CCCc3c(F)cccc32)c2ccc(Cl)cc21. The predicted octanol–water partition coefficient (Wildman–Crippen LogP) is 3.85. The van der Waals surface area contributed by atoms with Gasteiger partial charge in [0.15, 0.2) is 0 Å². The molecule has 0 saturated carbocycles. The van der Waals surface area contributed by atoms with Crippen LogP contribution in [0.2, 0.25) is 5.02 Å². The first kappa shape index (κ1) is 15.8. The van der Waals surface area contributed by atoms with Crippen molar-refractivity contribution in [3.63, 3.8) is 0 Å². The summed E-state index contributed by atoms with van der Waals surface area (Å²) >= 11 is 6.11. The van der Waals surface area contributed by atoms with E-state index in [1.807, 2.05) is 17.0 Å². The van der Waals surface area contributed by atoms with E-state index >= 15 is 0 Å². The lowest BCUT2D eigenvalue weighted by Crippen LogP contribution is -2.31. The lowest BCUT2D eigenvalue weighted by atomic mass is 10.0. The van der Waals surface area contributed by atoms with Crippen LogP contribution < -0.4 is 10.5 Å². The number of nitrogens with one attached hydrogen (secondary N) is 2. The van der Waals surface area contributed by atoms with Crippen LogP contribution in [0.3, 0.4) is 0 Å². The molecule has 0 atom stereocenters. The van der Waals surface area contributed by atoms with Crippen molar-refractivity contribution in [2.45, 2.75) is 12.8 Å². The number of fused-ring (bicyclic) bond motifs is 2. The summed E-state index contributed by atoms with van der Waals surface area (Å²) in [4.78, 5) is 6.34. The van der Waals surface area contributed by atoms with Gasteiger partial charge in [0, 0.05) is 28.2 Å². The predicted molar refractivity (Wildman–Crippen MR) is 96.5 cm³/mol. The van der Waals surface area contributed by atoms with Gasteiger partial charge in [-0.3, -0.25) is 15.4 Å².